The number of hydrogen-bond donors (Lipinski definition) is 2. The number of hydrogen-bond acceptors (Lipinski definition) is 3. The molecule has 0 amide bonds. The maximum Gasteiger partial charge on any atom is 0.106 e. The number of nitriles is 1. The SMILES string of the molecule is N#CCC(O)C(O)c1ccc(Cl)c(CCl)c1. The lowest BCUT2D eigenvalue weighted by Crippen LogP contribution is -2.17. The van der Waals surface area contributed by atoms with Crippen molar-refractivity contribution in [3.8, 4) is 6.07 Å². The van der Waals surface area contributed by atoms with Crippen LogP contribution in [0.15, 0.2) is 18.2 Å². The monoisotopic (exact) mass is 259 g/mol. The van der Waals surface area contributed by atoms with Gasteiger partial charge >= 0.3 is 0 Å². The Morgan fingerprint density at radius 2 is 2.06 bits per heavy atom. The predicted molar refractivity (Wildman–Crippen MR) is 62.2 cm³/mol. The average Bonchev–Trinajstić information content (AvgIpc) is 2.29. The van der Waals surface area contributed by atoms with E-state index in [1.54, 1.807) is 24.3 Å². The molecule has 16 heavy (non-hydrogen) atoms. The first kappa shape index (κ1) is 13.3. The number of benzene rings is 1. The molecule has 0 aromatic heterocycles. The van der Waals surface area contributed by atoms with Gasteiger partial charge in [-0.1, -0.05) is 23.7 Å². The maximum atomic E-state index is 9.74. The highest BCUT2D eigenvalue weighted by Gasteiger charge is 2.18. The summed E-state index contributed by atoms with van der Waals surface area (Å²) in [4.78, 5) is 0. The van der Waals surface area contributed by atoms with E-state index in [4.69, 9.17) is 28.5 Å². The molecule has 2 atom stereocenters. The van der Waals surface area contributed by atoms with Crippen LogP contribution in [0.1, 0.15) is 23.7 Å². The zero-order valence-corrected chi connectivity index (χ0v) is 9.91. The third-order valence-corrected chi connectivity index (χ3v) is 2.88. The molecule has 86 valence electrons. The largest absolute Gasteiger partial charge is 0.389 e. The van der Waals surface area contributed by atoms with Crippen LogP contribution in [0.25, 0.3) is 0 Å². The minimum absolute atomic E-state index is 0.125. The lowest BCUT2D eigenvalue weighted by Gasteiger charge is -2.16. The normalized spacial score (nSPS) is 14.2. The molecule has 0 radical (unpaired) electrons. The fourth-order valence-electron chi connectivity index (χ4n) is 1.31. The first-order chi connectivity index (χ1) is 7.60. The summed E-state index contributed by atoms with van der Waals surface area (Å²) in [7, 11) is 0. The molecule has 0 saturated heterocycles. The van der Waals surface area contributed by atoms with Gasteiger partial charge in [-0.15, -0.1) is 11.6 Å². The van der Waals surface area contributed by atoms with Crippen LogP contribution in [0.2, 0.25) is 5.02 Å². The fourth-order valence-corrected chi connectivity index (χ4v) is 1.78. The second kappa shape index (κ2) is 6.07. The molecule has 1 aromatic rings. The van der Waals surface area contributed by atoms with E-state index in [0.29, 0.717) is 16.1 Å². The molecular weight excluding hydrogens is 249 g/mol. The van der Waals surface area contributed by atoms with Gasteiger partial charge in [0.15, 0.2) is 0 Å². The highest BCUT2D eigenvalue weighted by molar-refractivity contribution is 6.32. The van der Waals surface area contributed by atoms with E-state index in [1.165, 1.54) is 0 Å². The van der Waals surface area contributed by atoms with Gasteiger partial charge in [0.25, 0.3) is 0 Å². The van der Waals surface area contributed by atoms with Crippen molar-refractivity contribution in [1.82, 2.24) is 0 Å². The summed E-state index contributed by atoms with van der Waals surface area (Å²) in [6.45, 7) is 0. The topological polar surface area (TPSA) is 64.2 Å². The quantitative estimate of drug-likeness (QED) is 0.817. The van der Waals surface area contributed by atoms with E-state index in [1.807, 2.05) is 0 Å². The molecule has 0 aliphatic carbocycles. The van der Waals surface area contributed by atoms with Crippen LogP contribution in [-0.4, -0.2) is 16.3 Å². The molecule has 0 spiro atoms. The van der Waals surface area contributed by atoms with Crippen LogP contribution in [0.4, 0.5) is 0 Å². The van der Waals surface area contributed by atoms with Crippen LogP contribution in [0.5, 0.6) is 0 Å². The van der Waals surface area contributed by atoms with E-state index < -0.39 is 12.2 Å². The Morgan fingerprint density at radius 3 is 2.62 bits per heavy atom. The van der Waals surface area contributed by atoms with Gasteiger partial charge < -0.3 is 10.2 Å². The highest BCUT2D eigenvalue weighted by atomic mass is 35.5. The average molecular weight is 260 g/mol. The Morgan fingerprint density at radius 1 is 1.38 bits per heavy atom. The van der Waals surface area contributed by atoms with Gasteiger partial charge in [-0.05, 0) is 17.2 Å². The summed E-state index contributed by atoms with van der Waals surface area (Å²) in [5.74, 6) is 0.230. The molecule has 0 saturated carbocycles. The molecule has 1 aromatic carbocycles. The molecule has 0 bridgehead atoms. The first-order valence-corrected chi connectivity index (χ1v) is 5.58. The van der Waals surface area contributed by atoms with Crippen molar-refractivity contribution in [3.05, 3.63) is 34.3 Å². The number of alkyl halides is 1. The van der Waals surface area contributed by atoms with Crippen molar-refractivity contribution < 1.29 is 10.2 Å². The van der Waals surface area contributed by atoms with Gasteiger partial charge in [-0.3, -0.25) is 0 Å². The summed E-state index contributed by atoms with van der Waals surface area (Å²) in [6.07, 6.45) is -2.33. The van der Waals surface area contributed by atoms with Crippen molar-refractivity contribution in [2.24, 2.45) is 0 Å². The third-order valence-electron chi connectivity index (χ3n) is 2.22. The summed E-state index contributed by atoms with van der Waals surface area (Å²) in [5, 5.41) is 28.1. The highest BCUT2D eigenvalue weighted by Crippen LogP contribution is 2.25. The van der Waals surface area contributed by atoms with Crippen LogP contribution in [-0.2, 0) is 5.88 Å². The molecule has 0 fully saturated rings. The Bertz CT molecular complexity index is 403. The van der Waals surface area contributed by atoms with Gasteiger partial charge in [0, 0.05) is 10.9 Å². The second-order valence-corrected chi connectivity index (χ2v) is 4.03. The number of rotatable bonds is 4. The fraction of sp³-hybridized carbons (Fsp3) is 0.364. The van der Waals surface area contributed by atoms with Crippen molar-refractivity contribution in [2.45, 2.75) is 24.5 Å². The van der Waals surface area contributed by atoms with Crippen LogP contribution in [0.3, 0.4) is 0 Å². The molecule has 3 nitrogen and oxygen atoms in total. The predicted octanol–water partition coefficient (Wildman–Crippen LogP) is 2.39. The molecule has 5 heteroatoms. The number of aliphatic hydroxyl groups is 2. The van der Waals surface area contributed by atoms with E-state index in [9.17, 15) is 10.2 Å². The second-order valence-electron chi connectivity index (χ2n) is 3.36. The third kappa shape index (κ3) is 3.10. The van der Waals surface area contributed by atoms with Gasteiger partial charge in [0.05, 0.1) is 18.6 Å². The van der Waals surface area contributed by atoms with Crippen LogP contribution in [0, 0.1) is 11.3 Å². The van der Waals surface area contributed by atoms with E-state index in [2.05, 4.69) is 0 Å². The number of aliphatic hydroxyl groups excluding tert-OH is 2. The summed E-state index contributed by atoms with van der Waals surface area (Å²) < 4.78 is 0. The van der Waals surface area contributed by atoms with E-state index in [-0.39, 0.29) is 12.3 Å². The lowest BCUT2D eigenvalue weighted by atomic mass is 10.0. The molecule has 2 N–H and O–H groups in total. The Hall–Kier alpha value is -0.790. The maximum absolute atomic E-state index is 9.74. The van der Waals surface area contributed by atoms with Crippen LogP contribution < -0.4 is 0 Å². The number of halogens is 2. The van der Waals surface area contributed by atoms with E-state index >= 15 is 0 Å². The molecule has 1 rings (SSSR count). The van der Waals surface area contributed by atoms with E-state index in [0.717, 1.165) is 0 Å². The van der Waals surface area contributed by atoms with Crippen molar-refractivity contribution in [3.63, 3.8) is 0 Å². The van der Waals surface area contributed by atoms with Gasteiger partial charge in [-0.2, -0.15) is 5.26 Å². The van der Waals surface area contributed by atoms with Crippen molar-refractivity contribution in [1.29, 1.82) is 5.26 Å². The molecule has 0 aliphatic heterocycles. The van der Waals surface area contributed by atoms with Crippen LogP contribution >= 0.6 is 23.2 Å². The molecule has 0 aliphatic rings. The summed E-state index contributed by atoms with van der Waals surface area (Å²) >= 11 is 11.5. The Labute approximate surface area is 104 Å². The standard InChI is InChI=1S/C11H11Cl2NO2/c12-6-8-5-7(1-2-9(8)13)11(16)10(15)3-4-14/h1-2,5,10-11,15-16H,3,6H2. The van der Waals surface area contributed by atoms with Gasteiger partial charge in [0.1, 0.15) is 6.10 Å². The van der Waals surface area contributed by atoms with Gasteiger partial charge in [-0.25, -0.2) is 0 Å². The summed E-state index contributed by atoms with van der Waals surface area (Å²) in [5.41, 5.74) is 1.19. The Kier molecular flexibility index (Phi) is 5.04. The molecular formula is C11H11Cl2NO2. The minimum Gasteiger partial charge on any atom is -0.389 e. The Balaban J connectivity index is 2.92. The lowest BCUT2D eigenvalue weighted by molar-refractivity contribution is 0.0216. The first-order valence-electron chi connectivity index (χ1n) is 4.67. The molecule has 2 unspecified atom stereocenters. The number of nitrogens with zero attached hydrogens (tertiary/aromatic N) is 1. The zero-order chi connectivity index (χ0) is 12.1. The molecule has 0 heterocycles. The van der Waals surface area contributed by atoms with Crippen molar-refractivity contribution in [2.75, 3.05) is 0 Å². The van der Waals surface area contributed by atoms with Crippen molar-refractivity contribution >= 4 is 23.2 Å². The minimum atomic E-state index is -1.10. The van der Waals surface area contributed by atoms with Gasteiger partial charge in [0.2, 0.25) is 0 Å². The summed E-state index contributed by atoms with van der Waals surface area (Å²) in [6, 6.07) is 6.63. The zero-order valence-electron chi connectivity index (χ0n) is 8.40. The smallest absolute Gasteiger partial charge is 0.106 e.